The lowest BCUT2D eigenvalue weighted by Gasteiger charge is -2.37. The van der Waals surface area contributed by atoms with E-state index in [1.807, 2.05) is 4.90 Å². The van der Waals surface area contributed by atoms with Crippen molar-refractivity contribution in [3.8, 4) is 0 Å². The Kier molecular flexibility index (Phi) is 5.00. The summed E-state index contributed by atoms with van der Waals surface area (Å²) < 4.78 is 23.2. The number of piperazine rings is 1. The highest BCUT2D eigenvalue weighted by molar-refractivity contribution is 7.91. The molecule has 0 bridgehead atoms. The number of amides is 3. The molecule has 3 atom stereocenters. The molecule has 0 aromatic rings. The molecular weight excluding hydrogens is 370 g/mol. The number of rotatable bonds is 3. The van der Waals surface area contributed by atoms with Gasteiger partial charge in [0.05, 0.1) is 35.9 Å². The molecule has 27 heavy (non-hydrogen) atoms. The smallest absolute Gasteiger partial charge is 0.234 e. The summed E-state index contributed by atoms with van der Waals surface area (Å²) in [5.41, 5.74) is 0. The number of hydrogen-bond donors (Lipinski definition) is 0. The first kappa shape index (κ1) is 18.9. The molecule has 3 saturated heterocycles. The van der Waals surface area contributed by atoms with Gasteiger partial charge in [0.25, 0.3) is 0 Å². The fourth-order valence-electron chi connectivity index (χ4n) is 4.93. The van der Waals surface area contributed by atoms with Crippen molar-refractivity contribution >= 4 is 27.6 Å². The Morgan fingerprint density at radius 3 is 2.04 bits per heavy atom. The second-order valence-electron chi connectivity index (χ2n) is 8.29. The molecule has 3 aliphatic heterocycles. The van der Waals surface area contributed by atoms with Crippen LogP contribution in [0, 0.1) is 17.8 Å². The SMILES string of the molecule is O=C(C1CCS(=O)(=O)C1)N1CCN(CN2C(=O)C3CCCCC3C2=O)CC1. The molecular formula is C18H27N3O5S. The van der Waals surface area contributed by atoms with E-state index < -0.39 is 15.8 Å². The molecule has 3 amide bonds. The first-order chi connectivity index (χ1) is 12.9. The molecule has 3 unspecified atom stereocenters. The maximum atomic E-state index is 12.6. The highest BCUT2D eigenvalue weighted by Crippen LogP contribution is 2.38. The topological polar surface area (TPSA) is 95.1 Å². The average molecular weight is 397 g/mol. The molecule has 0 spiro atoms. The second kappa shape index (κ2) is 7.16. The summed E-state index contributed by atoms with van der Waals surface area (Å²) in [5, 5.41) is 0. The van der Waals surface area contributed by atoms with Crippen LogP contribution >= 0.6 is 0 Å². The van der Waals surface area contributed by atoms with Gasteiger partial charge in [0, 0.05) is 26.2 Å². The first-order valence-corrected chi connectivity index (χ1v) is 11.7. The summed E-state index contributed by atoms with van der Waals surface area (Å²) in [6, 6.07) is 0. The molecule has 0 aromatic carbocycles. The van der Waals surface area contributed by atoms with E-state index in [0.717, 1.165) is 25.7 Å². The summed E-state index contributed by atoms with van der Waals surface area (Å²) in [6.45, 7) is 2.52. The Morgan fingerprint density at radius 2 is 1.52 bits per heavy atom. The van der Waals surface area contributed by atoms with Gasteiger partial charge in [-0.05, 0) is 19.3 Å². The van der Waals surface area contributed by atoms with Crippen LogP contribution in [0.25, 0.3) is 0 Å². The fraction of sp³-hybridized carbons (Fsp3) is 0.833. The van der Waals surface area contributed by atoms with Gasteiger partial charge in [0.2, 0.25) is 17.7 Å². The fourth-order valence-corrected chi connectivity index (χ4v) is 6.66. The minimum Gasteiger partial charge on any atom is -0.340 e. The van der Waals surface area contributed by atoms with Crippen LogP contribution in [-0.2, 0) is 24.2 Å². The van der Waals surface area contributed by atoms with Gasteiger partial charge in [-0.15, -0.1) is 0 Å². The van der Waals surface area contributed by atoms with Crippen LogP contribution in [0.2, 0.25) is 0 Å². The van der Waals surface area contributed by atoms with Gasteiger partial charge in [-0.1, -0.05) is 12.8 Å². The zero-order valence-electron chi connectivity index (χ0n) is 15.5. The van der Waals surface area contributed by atoms with E-state index in [9.17, 15) is 22.8 Å². The molecule has 4 rings (SSSR count). The van der Waals surface area contributed by atoms with Gasteiger partial charge in [0.15, 0.2) is 9.84 Å². The maximum absolute atomic E-state index is 12.6. The second-order valence-corrected chi connectivity index (χ2v) is 10.5. The van der Waals surface area contributed by atoms with E-state index in [-0.39, 0.29) is 41.1 Å². The molecule has 3 heterocycles. The summed E-state index contributed by atoms with van der Waals surface area (Å²) >= 11 is 0. The Labute approximate surface area is 159 Å². The van der Waals surface area contributed by atoms with Crippen LogP contribution in [0.5, 0.6) is 0 Å². The number of hydrogen-bond acceptors (Lipinski definition) is 6. The Hall–Kier alpha value is -1.48. The van der Waals surface area contributed by atoms with Crippen LogP contribution in [-0.4, -0.2) is 85.2 Å². The van der Waals surface area contributed by atoms with Crippen LogP contribution in [0.4, 0.5) is 0 Å². The van der Waals surface area contributed by atoms with Gasteiger partial charge < -0.3 is 4.90 Å². The van der Waals surface area contributed by atoms with Crippen LogP contribution in [0.1, 0.15) is 32.1 Å². The highest BCUT2D eigenvalue weighted by Gasteiger charge is 2.48. The third-order valence-electron chi connectivity index (χ3n) is 6.54. The molecule has 1 saturated carbocycles. The van der Waals surface area contributed by atoms with Crippen LogP contribution in [0.3, 0.4) is 0 Å². The molecule has 0 N–H and O–H groups in total. The molecule has 0 radical (unpaired) electrons. The molecule has 8 nitrogen and oxygen atoms in total. The average Bonchev–Trinajstić information content (AvgIpc) is 3.14. The van der Waals surface area contributed by atoms with Crippen molar-refractivity contribution in [2.75, 3.05) is 44.4 Å². The summed E-state index contributed by atoms with van der Waals surface area (Å²) in [6.07, 6.45) is 4.09. The van der Waals surface area contributed by atoms with Crippen molar-refractivity contribution in [3.05, 3.63) is 0 Å². The number of imide groups is 1. The summed E-state index contributed by atoms with van der Waals surface area (Å²) in [4.78, 5) is 42.9. The van der Waals surface area contributed by atoms with E-state index in [2.05, 4.69) is 0 Å². The Morgan fingerprint density at radius 1 is 0.926 bits per heavy atom. The van der Waals surface area contributed by atoms with E-state index in [1.165, 1.54) is 4.90 Å². The van der Waals surface area contributed by atoms with Gasteiger partial charge in [-0.3, -0.25) is 24.2 Å². The van der Waals surface area contributed by atoms with E-state index in [0.29, 0.717) is 39.3 Å². The lowest BCUT2D eigenvalue weighted by molar-refractivity contribution is -0.145. The summed E-state index contributed by atoms with van der Waals surface area (Å²) in [5.74, 6) is -0.728. The lowest BCUT2D eigenvalue weighted by Crippen LogP contribution is -2.53. The van der Waals surface area contributed by atoms with Crippen molar-refractivity contribution in [1.29, 1.82) is 0 Å². The molecule has 4 fully saturated rings. The van der Waals surface area contributed by atoms with E-state index >= 15 is 0 Å². The Bertz CT molecular complexity index is 720. The standard InChI is InChI=1S/C18H27N3O5S/c22-16(13-5-10-27(25,26)11-13)20-8-6-19(7-9-20)12-21-17(23)14-3-1-2-4-15(14)18(21)24/h13-15H,1-12H2. The number of nitrogens with zero attached hydrogens (tertiary/aromatic N) is 3. The van der Waals surface area contributed by atoms with E-state index in [4.69, 9.17) is 0 Å². The Balaban J connectivity index is 1.30. The quantitative estimate of drug-likeness (QED) is 0.607. The first-order valence-electron chi connectivity index (χ1n) is 9.92. The number of sulfone groups is 1. The lowest BCUT2D eigenvalue weighted by atomic mass is 9.81. The van der Waals surface area contributed by atoms with Crippen LogP contribution in [0.15, 0.2) is 0 Å². The van der Waals surface area contributed by atoms with Crippen molar-refractivity contribution in [2.24, 2.45) is 17.8 Å². The molecule has 9 heteroatoms. The monoisotopic (exact) mass is 397 g/mol. The van der Waals surface area contributed by atoms with Gasteiger partial charge in [-0.2, -0.15) is 0 Å². The minimum atomic E-state index is -3.07. The molecule has 1 aliphatic carbocycles. The molecule has 4 aliphatic rings. The third-order valence-corrected chi connectivity index (χ3v) is 8.31. The zero-order valence-corrected chi connectivity index (χ0v) is 16.3. The van der Waals surface area contributed by atoms with Crippen molar-refractivity contribution < 1.29 is 22.8 Å². The minimum absolute atomic E-state index is 0.0284. The largest absolute Gasteiger partial charge is 0.340 e. The normalized spacial score (nSPS) is 34.1. The van der Waals surface area contributed by atoms with Gasteiger partial charge in [-0.25, -0.2) is 8.42 Å². The van der Waals surface area contributed by atoms with Crippen LogP contribution < -0.4 is 0 Å². The molecule has 0 aromatic heterocycles. The predicted molar refractivity (Wildman–Crippen MR) is 97.1 cm³/mol. The zero-order chi connectivity index (χ0) is 19.2. The number of fused-ring (bicyclic) bond motifs is 1. The van der Waals surface area contributed by atoms with Crippen molar-refractivity contribution in [3.63, 3.8) is 0 Å². The molecule has 150 valence electrons. The van der Waals surface area contributed by atoms with Crippen molar-refractivity contribution in [2.45, 2.75) is 32.1 Å². The summed E-state index contributed by atoms with van der Waals surface area (Å²) in [7, 11) is -3.07. The van der Waals surface area contributed by atoms with E-state index in [1.54, 1.807) is 4.90 Å². The van der Waals surface area contributed by atoms with Gasteiger partial charge in [0.1, 0.15) is 0 Å². The highest BCUT2D eigenvalue weighted by atomic mass is 32.2. The third kappa shape index (κ3) is 3.63. The predicted octanol–water partition coefficient (Wildman–Crippen LogP) is -0.302. The number of carbonyl (C=O) groups excluding carboxylic acids is 3. The number of carbonyl (C=O) groups is 3. The maximum Gasteiger partial charge on any atom is 0.234 e. The number of likely N-dealkylation sites (tertiary alicyclic amines) is 1. The van der Waals surface area contributed by atoms with Gasteiger partial charge >= 0.3 is 0 Å². The van der Waals surface area contributed by atoms with Crippen molar-refractivity contribution in [1.82, 2.24) is 14.7 Å².